The summed E-state index contributed by atoms with van der Waals surface area (Å²) < 4.78 is 16.9. The van der Waals surface area contributed by atoms with Gasteiger partial charge in [-0.25, -0.2) is 0 Å². The van der Waals surface area contributed by atoms with Gasteiger partial charge in [-0.15, -0.1) is 0 Å². The number of aliphatic hydroxyl groups is 2. The molecule has 2 saturated heterocycles. The number of carbonyl (C=O) groups excluding carboxylic acids is 4. The van der Waals surface area contributed by atoms with Gasteiger partial charge < -0.3 is 24.4 Å². The summed E-state index contributed by atoms with van der Waals surface area (Å²) in [4.78, 5) is 54.4. The Kier molecular flexibility index (Phi) is 6.84. The third-order valence-corrected chi connectivity index (χ3v) is 13.7. The van der Waals surface area contributed by atoms with E-state index in [1.807, 2.05) is 34.6 Å². The van der Waals surface area contributed by atoms with Crippen molar-refractivity contribution in [2.45, 2.75) is 131 Å². The van der Waals surface area contributed by atoms with E-state index in [0.29, 0.717) is 38.5 Å². The quantitative estimate of drug-likeness (QED) is 0.446. The summed E-state index contributed by atoms with van der Waals surface area (Å²) >= 11 is 0. The van der Waals surface area contributed by atoms with Crippen LogP contribution in [-0.4, -0.2) is 58.5 Å². The molecule has 2 bridgehead atoms. The van der Waals surface area contributed by atoms with Crippen LogP contribution in [0.25, 0.3) is 0 Å². The highest BCUT2D eigenvalue weighted by molar-refractivity contribution is 5.96. The lowest BCUT2D eigenvalue weighted by atomic mass is 9.37. The Balaban J connectivity index is 1.65. The molecule has 236 valence electrons. The van der Waals surface area contributed by atoms with E-state index in [1.54, 1.807) is 6.92 Å². The van der Waals surface area contributed by atoms with Crippen molar-refractivity contribution in [2.75, 3.05) is 7.11 Å². The molecule has 5 fully saturated rings. The van der Waals surface area contributed by atoms with Crippen molar-refractivity contribution < 1.29 is 43.6 Å². The average Bonchev–Trinajstić information content (AvgIpc) is 2.90. The Morgan fingerprint density at radius 1 is 0.857 bits per heavy atom. The van der Waals surface area contributed by atoms with Crippen LogP contribution in [0.3, 0.4) is 0 Å². The van der Waals surface area contributed by atoms with E-state index >= 15 is 0 Å². The molecule has 10 atom stereocenters. The number of ether oxygens (including phenoxy) is 3. The first kappa shape index (κ1) is 31.6. The normalized spacial score (nSPS) is 51.6. The molecule has 9 heteroatoms. The van der Waals surface area contributed by atoms with Crippen LogP contribution < -0.4 is 0 Å². The van der Waals surface area contributed by atoms with E-state index in [2.05, 4.69) is 6.92 Å². The summed E-state index contributed by atoms with van der Waals surface area (Å²) in [7, 11) is 1.38. The summed E-state index contributed by atoms with van der Waals surface area (Å²) in [5.41, 5.74) is -5.07. The van der Waals surface area contributed by atoms with Crippen LogP contribution in [0.15, 0.2) is 0 Å². The van der Waals surface area contributed by atoms with Gasteiger partial charge in [0.25, 0.3) is 0 Å². The number of esters is 2. The van der Waals surface area contributed by atoms with Gasteiger partial charge in [-0.3, -0.25) is 19.2 Å². The molecule has 3 saturated carbocycles. The lowest BCUT2D eigenvalue weighted by Gasteiger charge is -2.69. The van der Waals surface area contributed by atoms with Crippen LogP contribution >= 0.6 is 0 Å². The number of methoxy groups -OCH3 is 1. The zero-order chi connectivity index (χ0) is 31.5. The van der Waals surface area contributed by atoms with Gasteiger partial charge in [-0.2, -0.15) is 0 Å². The Bertz CT molecular complexity index is 1230. The SMILES string of the molecule is COC(=O)[C@]1(C)CC[C@]2(C)CC[C@]3(C)C(=O)[C@]4(O)C[C@H]5C(C)(C)[C@@H](OC(C)=O)CC[C@]5(C)[C@@](O)(O4)C(=O)C[C@@]3(C)[C@@H]2C1. The predicted octanol–water partition coefficient (Wildman–Crippen LogP) is 4.49. The van der Waals surface area contributed by atoms with Gasteiger partial charge in [0, 0.05) is 36.0 Å². The molecular formula is C33H50O9. The van der Waals surface area contributed by atoms with Gasteiger partial charge in [0.2, 0.25) is 11.6 Å². The zero-order valence-electron chi connectivity index (χ0n) is 26.8. The predicted molar refractivity (Wildman–Crippen MR) is 151 cm³/mol. The number of hydrogen-bond acceptors (Lipinski definition) is 9. The minimum Gasteiger partial charge on any atom is -0.469 e. The molecule has 0 spiro atoms. The number of ketones is 2. The van der Waals surface area contributed by atoms with Crippen LogP contribution in [0.4, 0.5) is 0 Å². The fraction of sp³-hybridized carbons (Fsp3) is 0.879. The second-order valence-electron chi connectivity index (χ2n) is 16.3. The summed E-state index contributed by atoms with van der Waals surface area (Å²) in [6, 6.07) is 0. The number of hydrogen-bond donors (Lipinski definition) is 2. The van der Waals surface area contributed by atoms with Crippen molar-refractivity contribution in [1.82, 2.24) is 0 Å². The maximum absolute atomic E-state index is 14.8. The number of fused-ring (bicyclic) bond motifs is 7. The first-order valence-electron chi connectivity index (χ1n) is 15.6. The largest absolute Gasteiger partial charge is 0.469 e. The highest BCUT2D eigenvalue weighted by Gasteiger charge is 2.77. The maximum Gasteiger partial charge on any atom is 0.311 e. The summed E-state index contributed by atoms with van der Waals surface area (Å²) in [5.74, 6) is -7.45. The molecule has 3 aliphatic carbocycles. The van der Waals surface area contributed by atoms with Gasteiger partial charge in [0.1, 0.15) is 6.10 Å². The summed E-state index contributed by atoms with van der Waals surface area (Å²) in [5, 5.41) is 24.7. The van der Waals surface area contributed by atoms with E-state index in [9.17, 15) is 29.4 Å². The second-order valence-corrected chi connectivity index (χ2v) is 16.3. The Morgan fingerprint density at radius 3 is 2.07 bits per heavy atom. The first-order chi connectivity index (χ1) is 19.1. The third-order valence-electron chi connectivity index (χ3n) is 13.7. The number of rotatable bonds is 2. The minimum absolute atomic E-state index is 0.129. The Labute approximate surface area is 249 Å². The topological polar surface area (TPSA) is 136 Å². The fourth-order valence-electron chi connectivity index (χ4n) is 10.6. The molecule has 5 aliphatic rings. The molecule has 0 radical (unpaired) electrons. The van der Waals surface area contributed by atoms with Crippen molar-refractivity contribution in [3.8, 4) is 0 Å². The van der Waals surface area contributed by atoms with E-state index in [1.165, 1.54) is 14.0 Å². The molecule has 42 heavy (non-hydrogen) atoms. The second kappa shape index (κ2) is 9.10. The van der Waals surface area contributed by atoms with Crippen molar-refractivity contribution in [1.29, 1.82) is 0 Å². The van der Waals surface area contributed by atoms with E-state index in [4.69, 9.17) is 14.2 Å². The van der Waals surface area contributed by atoms with Gasteiger partial charge in [0.05, 0.1) is 12.5 Å². The van der Waals surface area contributed by atoms with Crippen LogP contribution in [0, 0.1) is 44.3 Å². The molecule has 0 aromatic carbocycles. The van der Waals surface area contributed by atoms with Crippen LogP contribution in [0.5, 0.6) is 0 Å². The molecular weight excluding hydrogens is 540 g/mol. The van der Waals surface area contributed by atoms with Crippen LogP contribution in [0.1, 0.15) is 113 Å². The smallest absolute Gasteiger partial charge is 0.311 e. The fourth-order valence-corrected chi connectivity index (χ4v) is 10.6. The van der Waals surface area contributed by atoms with Gasteiger partial charge >= 0.3 is 11.9 Å². The third kappa shape index (κ3) is 3.84. The molecule has 2 N–H and O–H groups in total. The van der Waals surface area contributed by atoms with Crippen molar-refractivity contribution in [2.24, 2.45) is 44.3 Å². The first-order valence-corrected chi connectivity index (χ1v) is 15.6. The molecule has 0 unspecified atom stereocenters. The molecule has 0 aromatic rings. The Hall–Kier alpha value is -1.84. The average molecular weight is 591 g/mol. The van der Waals surface area contributed by atoms with Gasteiger partial charge in [-0.05, 0) is 74.5 Å². The highest BCUT2D eigenvalue weighted by Crippen LogP contribution is 2.72. The number of carbonyl (C=O) groups is 4. The standard InChI is InChI=1S/C33H50O9/c1-19(34)41-23-10-11-29(6)20(26(23,2)3)17-32(38)24(36)30(7)15-14-27(4)12-13-28(5,25(37)40-9)16-21(27)31(30,8)18-22(35)33(29,39)42-32/h20-21,23,38-39H,10-18H2,1-9H3/t20-,21+,23-,27+,28+,29-,30+,31-,32-,33-/m0/s1. The summed E-state index contributed by atoms with van der Waals surface area (Å²) in [6.45, 7) is 14.8. The Morgan fingerprint density at radius 2 is 1.48 bits per heavy atom. The van der Waals surface area contributed by atoms with Gasteiger partial charge in [-0.1, -0.05) is 41.5 Å². The van der Waals surface area contributed by atoms with E-state index in [0.717, 1.165) is 6.42 Å². The van der Waals surface area contributed by atoms with Crippen molar-refractivity contribution >= 4 is 23.5 Å². The molecule has 9 nitrogen and oxygen atoms in total. The molecule has 0 aromatic heterocycles. The molecule has 5 rings (SSSR count). The van der Waals surface area contributed by atoms with Crippen molar-refractivity contribution in [3.05, 3.63) is 0 Å². The van der Waals surface area contributed by atoms with Gasteiger partial charge in [0.15, 0.2) is 11.6 Å². The van der Waals surface area contributed by atoms with Crippen LogP contribution in [-0.2, 0) is 33.4 Å². The van der Waals surface area contributed by atoms with E-state index < -0.39 is 68.2 Å². The highest BCUT2D eigenvalue weighted by atomic mass is 16.7. The lowest BCUT2D eigenvalue weighted by Crippen LogP contribution is -2.77. The van der Waals surface area contributed by atoms with Crippen LogP contribution in [0.2, 0.25) is 0 Å². The zero-order valence-corrected chi connectivity index (χ0v) is 26.8. The maximum atomic E-state index is 14.8. The molecule has 2 heterocycles. The molecule has 2 aliphatic heterocycles. The lowest BCUT2D eigenvalue weighted by molar-refractivity contribution is -0.401. The minimum atomic E-state index is -2.43. The monoisotopic (exact) mass is 590 g/mol. The van der Waals surface area contributed by atoms with E-state index in [-0.39, 0.29) is 30.1 Å². The summed E-state index contributed by atoms with van der Waals surface area (Å²) in [6.07, 6.45) is 2.92. The molecule has 0 amide bonds. The number of Topliss-reactive ketones (excluding diaryl/α,β-unsaturated/α-hetero) is 2. The van der Waals surface area contributed by atoms with Crippen molar-refractivity contribution in [3.63, 3.8) is 0 Å².